The molecule has 0 saturated heterocycles. The number of benzene rings is 1. The molecule has 1 amide bonds. The average molecular weight is 374 g/mol. The van der Waals surface area contributed by atoms with Crippen molar-refractivity contribution in [2.24, 2.45) is 0 Å². The topological polar surface area (TPSA) is 78.8 Å². The number of nitrogens with one attached hydrogen (secondary N) is 1. The van der Waals surface area contributed by atoms with Gasteiger partial charge in [0.25, 0.3) is 0 Å². The molecule has 0 fully saturated rings. The monoisotopic (exact) mass is 373 g/mol. The quantitative estimate of drug-likeness (QED) is 0.741. The number of halogens is 1. The predicted octanol–water partition coefficient (Wildman–Crippen LogP) is 2.93. The van der Waals surface area contributed by atoms with Gasteiger partial charge in [-0.25, -0.2) is 4.79 Å². The number of aryl methyl sites for hydroxylation is 1. The van der Waals surface area contributed by atoms with Crippen LogP contribution in [0.5, 0.6) is 0 Å². The van der Waals surface area contributed by atoms with Gasteiger partial charge in [0, 0.05) is 11.0 Å². The first kappa shape index (κ1) is 18.9. The molecule has 2 unspecified atom stereocenters. The molecule has 0 bridgehead atoms. The molecule has 3 N–H and O–H groups in total. The first-order valence-corrected chi connectivity index (χ1v) is 8.04. The van der Waals surface area contributed by atoms with Crippen LogP contribution in [0.4, 0.5) is 4.79 Å². The van der Waals surface area contributed by atoms with E-state index in [1.54, 1.807) is 26.8 Å². The predicted molar refractivity (Wildman–Crippen MR) is 88.7 cm³/mol. The Bertz CT molecular complexity index is 513. The molecule has 2 atom stereocenters. The van der Waals surface area contributed by atoms with Crippen molar-refractivity contribution in [3.63, 3.8) is 0 Å². The highest BCUT2D eigenvalue weighted by molar-refractivity contribution is 9.10. The molecule has 0 radical (unpaired) electrons. The molecular formula is C16H24BrNO4. The molecule has 0 aliphatic heterocycles. The summed E-state index contributed by atoms with van der Waals surface area (Å²) >= 11 is 3.38. The lowest BCUT2D eigenvalue weighted by Crippen LogP contribution is -2.39. The molecule has 1 aromatic rings. The summed E-state index contributed by atoms with van der Waals surface area (Å²) in [5.74, 6) is 0. The smallest absolute Gasteiger partial charge is 0.407 e. The third kappa shape index (κ3) is 5.94. The van der Waals surface area contributed by atoms with E-state index in [1.165, 1.54) is 0 Å². The van der Waals surface area contributed by atoms with Crippen LogP contribution in [0.1, 0.15) is 44.9 Å². The van der Waals surface area contributed by atoms with Gasteiger partial charge in [0.15, 0.2) is 0 Å². The van der Waals surface area contributed by atoms with Gasteiger partial charge in [-0.15, -0.1) is 0 Å². The number of carbonyl (C=O) groups excluding carboxylic acids is 1. The van der Waals surface area contributed by atoms with E-state index in [4.69, 9.17) is 4.74 Å². The molecule has 0 heterocycles. The Hall–Kier alpha value is -1.11. The zero-order chi connectivity index (χ0) is 16.9. The van der Waals surface area contributed by atoms with Crippen molar-refractivity contribution in [1.29, 1.82) is 0 Å². The normalized spacial score (nSPS) is 14.3. The fraction of sp³-hybridized carbons (Fsp3) is 0.562. The molecule has 0 spiro atoms. The van der Waals surface area contributed by atoms with E-state index in [1.807, 2.05) is 19.1 Å². The zero-order valence-corrected chi connectivity index (χ0v) is 15.0. The van der Waals surface area contributed by atoms with Crippen LogP contribution >= 0.6 is 15.9 Å². The van der Waals surface area contributed by atoms with Gasteiger partial charge in [-0.1, -0.05) is 28.9 Å². The highest BCUT2D eigenvalue weighted by Crippen LogP contribution is 2.25. The number of aliphatic hydroxyl groups is 2. The molecule has 1 rings (SSSR count). The van der Waals surface area contributed by atoms with Crippen LogP contribution in [0.15, 0.2) is 22.7 Å². The maximum atomic E-state index is 11.6. The van der Waals surface area contributed by atoms with Gasteiger partial charge in [-0.3, -0.25) is 0 Å². The Labute approximate surface area is 139 Å². The molecule has 124 valence electrons. The van der Waals surface area contributed by atoms with Crippen LogP contribution in [-0.4, -0.2) is 34.6 Å². The molecule has 0 saturated carbocycles. The number of carbonyl (C=O) groups is 1. The maximum absolute atomic E-state index is 11.6. The Morgan fingerprint density at radius 2 is 2.00 bits per heavy atom. The molecule has 6 heteroatoms. The minimum absolute atomic E-state index is 0.0880. The molecule has 5 nitrogen and oxygen atoms in total. The fourth-order valence-electron chi connectivity index (χ4n) is 1.99. The fourth-order valence-corrected chi connectivity index (χ4v) is 2.40. The molecule has 1 aromatic carbocycles. The summed E-state index contributed by atoms with van der Waals surface area (Å²) < 4.78 is 6.00. The Morgan fingerprint density at radius 3 is 2.55 bits per heavy atom. The minimum Gasteiger partial charge on any atom is -0.444 e. The second-order valence-electron chi connectivity index (χ2n) is 6.09. The van der Waals surface area contributed by atoms with Gasteiger partial charge < -0.3 is 20.3 Å². The molecule has 0 aliphatic rings. The number of rotatable bonds is 5. The number of hydrogen-bond donors (Lipinski definition) is 3. The summed E-state index contributed by atoms with van der Waals surface area (Å²) in [6.07, 6.45) is -2.07. The van der Waals surface area contributed by atoms with Crippen molar-refractivity contribution in [2.75, 3.05) is 6.54 Å². The second kappa shape index (κ2) is 7.94. The lowest BCUT2D eigenvalue weighted by Gasteiger charge is -2.23. The number of hydrogen-bond acceptors (Lipinski definition) is 4. The molecule has 22 heavy (non-hydrogen) atoms. The summed E-state index contributed by atoms with van der Waals surface area (Å²) in [4.78, 5) is 11.6. The standard InChI is InChI=1S/C16H24BrNO4/c1-5-10-8-11(17)6-7-12(10)14(20)13(19)9-18-15(21)22-16(2,3)4/h6-8,13-14,19-20H,5,9H2,1-4H3,(H,18,21). The van der Waals surface area contributed by atoms with Crippen LogP contribution < -0.4 is 5.32 Å². The van der Waals surface area contributed by atoms with Crippen molar-refractivity contribution in [1.82, 2.24) is 5.32 Å². The van der Waals surface area contributed by atoms with Gasteiger partial charge in [0.1, 0.15) is 17.8 Å². The van der Waals surface area contributed by atoms with Gasteiger partial charge in [0.2, 0.25) is 0 Å². The van der Waals surface area contributed by atoms with Gasteiger partial charge in [-0.05, 0) is 50.5 Å². The first-order valence-electron chi connectivity index (χ1n) is 7.25. The summed E-state index contributed by atoms with van der Waals surface area (Å²) in [7, 11) is 0. The van der Waals surface area contributed by atoms with E-state index in [9.17, 15) is 15.0 Å². The van der Waals surface area contributed by atoms with E-state index in [0.29, 0.717) is 5.56 Å². The van der Waals surface area contributed by atoms with Crippen LogP contribution in [-0.2, 0) is 11.2 Å². The highest BCUT2D eigenvalue weighted by atomic mass is 79.9. The maximum Gasteiger partial charge on any atom is 0.407 e. The van der Waals surface area contributed by atoms with Gasteiger partial charge in [-0.2, -0.15) is 0 Å². The Kier molecular flexibility index (Phi) is 6.84. The van der Waals surface area contributed by atoms with Crippen LogP contribution in [0.25, 0.3) is 0 Å². The van der Waals surface area contributed by atoms with Crippen molar-refractivity contribution in [2.45, 2.75) is 51.9 Å². The molecule has 0 aromatic heterocycles. The Morgan fingerprint density at radius 1 is 1.36 bits per heavy atom. The third-order valence-electron chi connectivity index (χ3n) is 3.02. The SMILES string of the molecule is CCc1cc(Br)ccc1C(O)C(O)CNC(=O)OC(C)(C)C. The number of aliphatic hydroxyl groups excluding tert-OH is 2. The summed E-state index contributed by atoms with van der Waals surface area (Å²) in [5, 5.41) is 22.8. The van der Waals surface area contributed by atoms with Crippen LogP contribution in [0, 0.1) is 0 Å². The number of alkyl carbamates (subject to hydrolysis) is 1. The van der Waals surface area contributed by atoms with Gasteiger partial charge >= 0.3 is 6.09 Å². The Balaban J connectivity index is 2.66. The minimum atomic E-state index is -1.11. The lowest BCUT2D eigenvalue weighted by atomic mass is 9.97. The van der Waals surface area contributed by atoms with E-state index < -0.39 is 23.9 Å². The van der Waals surface area contributed by atoms with Crippen LogP contribution in [0.3, 0.4) is 0 Å². The summed E-state index contributed by atoms with van der Waals surface area (Å²) in [6.45, 7) is 7.16. The van der Waals surface area contributed by atoms with E-state index in [0.717, 1.165) is 16.5 Å². The largest absolute Gasteiger partial charge is 0.444 e. The number of ether oxygens (including phenoxy) is 1. The van der Waals surface area contributed by atoms with E-state index in [-0.39, 0.29) is 6.54 Å². The first-order chi connectivity index (χ1) is 10.1. The number of amides is 1. The van der Waals surface area contributed by atoms with Crippen molar-refractivity contribution in [3.05, 3.63) is 33.8 Å². The van der Waals surface area contributed by atoms with Crippen molar-refractivity contribution >= 4 is 22.0 Å². The van der Waals surface area contributed by atoms with E-state index in [2.05, 4.69) is 21.2 Å². The molecular weight excluding hydrogens is 350 g/mol. The third-order valence-corrected chi connectivity index (χ3v) is 3.52. The highest BCUT2D eigenvalue weighted by Gasteiger charge is 2.23. The zero-order valence-electron chi connectivity index (χ0n) is 13.4. The lowest BCUT2D eigenvalue weighted by molar-refractivity contribution is 0.0125. The second-order valence-corrected chi connectivity index (χ2v) is 7.01. The van der Waals surface area contributed by atoms with E-state index >= 15 is 0 Å². The summed E-state index contributed by atoms with van der Waals surface area (Å²) in [5.41, 5.74) is 0.997. The van der Waals surface area contributed by atoms with Crippen molar-refractivity contribution < 1.29 is 19.7 Å². The van der Waals surface area contributed by atoms with Crippen molar-refractivity contribution in [3.8, 4) is 0 Å². The summed E-state index contributed by atoms with van der Waals surface area (Å²) in [6, 6.07) is 5.49. The molecule has 0 aliphatic carbocycles. The van der Waals surface area contributed by atoms with Gasteiger partial charge in [0.05, 0.1) is 0 Å². The van der Waals surface area contributed by atoms with Crippen LogP contribution in [0.2, 0.25) is 0 Å². The average Bonchev–Trinajstić information content (AvgIpc) is 2.42.